The molecule has 1 unspecified atom stereocenters. The summed E-state index contributed by atoms with van der Waals surface area (Å²) in [6, 6.07) is 5.32. The van der Waals surface area contributed by atoms with Crippen molar-refractivity contribution in [1.82, 2.24) is 0 Å². The van der Waals surface area contributed by atoms with E-state index in [-0.39, 0.29) is 21.4 Å². The van der Waals surface area contributed by atoms with E-state index in [4.69, 9.17) is 27.9 Å². The van der Waals surface area contributed by atoms with Crippen molar-refractivity contribution in [1.29, 1.82) is 0 Å². The number of halogens is 4. The number of ether oxygens (including phenoxy) is 1. The number of non-ortho nitro benzene ring substituents is 1. The highest BCUT2D eigenvalue weighted by atomic mass is 35.5. The Morgan fingerprint density at radius 3 is 2.45 bits per heavy atom. The number of nitrogens with zero attached hydrogens (tertiary/aromatic N) is 1. The Kier molecular flexibility index (Phi) is 4.83. The smallest absolute Gasteiger partial charge is 0.272 e. The van der Waals surface area contributed by atoms with Crippen molar-refractivity contribution in [3.63, 3.8) is 0 Å². The number of nitro benzene ring substituents is 1. The van der Waals surface area contributed by atoms with Crippen LogP contribution in [0.5, 0.6) is 5.75 Å². The zero-order chi connectivity index (χ0) is 16.4. The van der Waals surface area contributed by atoms with Crippen LogP contribution in [0.1, 0.15) is 18.6 Å². The van der Waals surface area contributed by atoms with Crippen LogP contribution in [0.15, 0.2) is 30.3 Å². The van der Waals surface area contributed by atoms with Crippen molar-refractivity contribution in [2.75, 3.05) is 0 Å². The highest BCUT2D eigenvalue weighted by Gasteiger charge is 2.21. The molecule has 0 saturated heterocycles. The Bertz CT molecular complexity index is 740. The van der Waals surface area contributed by atoms with Crippen molar-refractivity contribution in [3.05, 3.63) is 67.7 Å². The second kappa shape index (κ2) is 6.46. The van der Waals surface area contributed by atoms with E-state index in [9.17, 15) is 18.9 Å². The molecule has 8 heteroatoms. The first kappa shape index (κ1) is 16.5. The highest BCUT2D eigenvalue weighted by Crippen LogP contribution is 2.35. The predicted molar refractivity (Wildman–Crippen MR) is 78.5 cm³/mol. The molecule has 4 nitrogen and oxygen atoms in total. The van der Waals surface area contributed by atoms with Crippen LogP contribution >= 0.6 is 23.2 Å². The second-order valence-electron chi connectivity index (χ2n) is 4.39. The van der Waals surface area contributed by atoms with E-state index in [0.29, 0.717) is 0 Å². The Morgan fingerprint density at radius 1 is 1.18 bits per heavy atom. The van der Waals surface area contributed by atoms with E-state index in [2.05, 4.69) is 0 Å². The lowest BCUT2D eigenvalue weighted by molar-refractivity contribution is -0.385. The van der Waals surface area contributed by atoms with Gasteiger partial charge in [0.1, 0.15) is 11.9 Å². The van der Waals surface area contributed by atoms with Gasteiger partial charge in [-0.15, -0.1) is 0 Å². The van der Waals surface area contributed by atoms with E-state index in [1.165, 1.54) is 13.0 Å². The molecule has 0 bridgehead atoms. The van der Waals surface area contributed by atoms with Crippen molar-refractivity contribution >= 4 is 28.9 Å². The summed E-state index contributed by atoms with van der Waals surface area (Å²) in [5, 5.41) is 10.7. The molecule has 0 radical (unpaired) electrons. The summed E-state index contributed by atoms with van der Waals surface area (Å²) < 4.78 is 32.9. The maximum atomic E-state index is 13.8. The maximum absolute atomic E-state index is 13.8. The minimum absolute atomic E-state index is 0.0214. The molecule has 0 aromatic heterocycles. The van der Waals surface area contributed by atoms with Gasteiger partial charge in [-0.25, -0.2) is 8.78 Å². The molecular weight excluding hydrogens is 339 g/mol. The van der Waals surface area contributed by atoms with Gasteiger partial charge in [0, 0.05) is 11.6 Å². The van der Waals surface area contributed by atoms with Gasteiger partial charge >= 0.3 is 0 Å². The lowest BCUT2D eigenvalue weighted by atomic mass is 10.1. The molecule has 2 aromatic rings. The first-order valence-electron chi connectivity index (χ1n) is 6.05. The van der Waals surface area contributed by atoms with E-state index in [1.54, 1.807) is 0 Å². The molecule has 22 heavy (non-hydrogen) atoms. The van der Waals surface area contributed by atoms with Gasteiger partial charge in [0.2, 0.25) is 0 Å². The molecule has 0 heterocycles. The number of benzene rings is 2. The standard InChI is InChI=1S/C14H9Cl2F2NO3/c1-7(13-10(17)4-3-9(15)14(13)16)22-12-5-2-8(19(20)21)6-11(12)18/h2-7H,1H3. The van der Waals surface area contributed by atoms with Crippen molar-refractivity contribution in [2.45, 2.75) is 13.0 Å². The molecule has 0 saturated carbocycles. The zero-order valence-corrected chi connectivity index (χ0v) is 12.7. The molecule has 1 atom stereocenters. The minimum atomic E-state index is -0.942. The molecule has 0 N–H and O–H groups in total. The first-order chi connectivity index (χ1) is 10.3. The molecular formula is C14H9Cl2F2NO3. The van der Waals surface area contributed by atoms with Crippen LogP contribution in [0, 0.1) is 21.7 Å². The van der Waals surface area contributed by atoms with Gasteiger partial charge in [-0.2, -0.15) is 0 Å². The fraction of sp³-hybridized carbons (Fsp3) is 0.143. The van der Waals surface area contributed by atoms with Gasteiger partial charge in [0.25, 0.3) is 5.69 Å². The van der Waals surface area contributed by atoms with Crippen LogP contribution in [-0.2, 0) is 0 Å². The Hall–Kier alpha value is -1.92. The van der Waals surface area contributed by atoms with Gasteiger partial charge in [-0.05, 0) is 25.1 Å². The third-order valence-corrected chi connectivity index (χ3v) is 3.73. The summed E-state index contributed by atoms with van der Waals surface area (Å²) in [6.07, 6.45) is -0.942. The number of hydrogen-bond acceptors (Lipinski definition) is 3. The summed E-state index contributed by atoms with van der Waals surface area (Å²) >= 11 is 11.7. The molecule has 2 rings (SSSR count). The molecule has 2 aromatic carbocycles. The lowest BCUT2D eigenvalue weighted by Crippen LogP contribution is -2.08. The molecule has 0 amide bonds. The summed E-state index contributed by atoms with van der Waals surface area (Å²) in [6.45, 7) is 1.46. The van der Waals surface area contributed by atoms with E-state index < -0.39 is 28.3 Å². The van der Waals surface area contributed by atoms with Crippen molar-refractivity contribution in [2.24, 2.45) is 0 Å². The highest BCUT2D eigenvalue weighted by molar-refractivity contribution is 6.42. The quantitative estimate of drug-likeness (QED) is 0.427. The summed E-state index contributed by atoms with van der Waals surface area (Å²) in [4.78, 5) is 9.82. The molecule has 0 spiro atoms. The van der Waals surface area contributed by atoms with E-state index >= 15 is 0 Å². The Labute approximate surface area is 134 Å². The average molecular weight is 348 g/mol. The number of rotatable bonds is 4. The number of nitro groups is 1. The maximum Gasteiger partial charge on any atom is 0.272 e. The fourth-order valence-electron chi connectivity index (χ4n) is 1.86. The van der Waals surface area contributed by atoms with Crippen molar-refractivity contribution in [3.8, 4) is 5.75 Å². The Balaban J connectivity index is 2.32. The van der Waals surface area contributed by atoms with Gasteiger partial charge in [0.05, 0.1) is 21.0 Å². The Morgan fingerprint density at radius 2 is 1.86 bits per heavy atom. The minimum Gasteiger partial charge on any atom is -0.483 e. The summed E-state index contributed by atoms with van der Waals surface area (Å²) in [5.41, 5.74) is -0.434. The monoisotopic (exact) mass is 347 g/mol. The fourth-order valence-corrected chi connectivity index (χ4v) is 2.34. The largest absolute Gasteiger partial charge is 0.483 e. The number of hydrogen-bond donors (Lipinski definition) is 0. The van der Waals surface area contributed by atoms with E-state index in [0.717, 1.165) is 24.3 Å². The van der Waals surface area contributed by atoms with E-state index in [1.807, 2.05) is 0 Å². The molecule has 0 aliphatic rings. The van der Waals surface area contributed by atoms with Crippen LogP contribution in [0.2, 0.25) is 10.0 Å². The van der Waals surface area contributed by atoms with Crippen LogP contribution in [-0.4, -0.2) is 4.92 Å². The van der Waals surface area contributed by atoms with Crippen molar-refractivity contribution < 1.29 is 18.4 Å². The normalized spacial score (nSPS) is 12.0. The van der Waals surface area contributed by atoms with Gasteiger partial charge in [0.15, 0.2) is 11.6 Å². The summed E-state index contributed by atoms with van der Waals surface area (Å²) in [7, 11) is 0. The van der Waals surface area contributed by atoms with Crippen LogP contribution < -0.4 is 4.74 Å². The topological polar surface area (TPSA) is 52.4 Å². The second-order valence-corrected chi connectivity index (χ2v) is 5.17. The van der Waals surface area contributed by atoms with Crippen LogP contribution in [0.4, 0.5) is 14.5 Å². The summed E-state index contributed by atoms with van der Waals surface area (Å²) in [5.74, 6) is -1.84. The SMILES string of the molecule is CC(Oc1ccc([N+](=O)[O-])cc1F)c1c(F)ccc(Cl)c1Cl. The lowest BCUT2D eigenvalue weighted by Gasteiger charge is -2.18. The zero-order valence-electron chi connectivity index (χ0n) is 11.1. The predicted octanol–water partition coefficient (Wildman–Crippen LogP) is 5.32. The molecule has 0 fully saturated rings. The third-order valence-electron chi connectivity index (χ3n) is 2.92. The molecule has 0 aliphatic heterocycles. The van der Waals surface area contributed by atoms with Crippen LogP contribution in [0.3, 0.4) is 0 Å². The van der Waals surface area contributed by atoms with Gasteiger partial charge < -0.3 is 4.74 Å². The molecule has 116 valence electrons. The third kappa shape index (κ3) is 3.28. The van der Waals surface area contributed by atoms with Crippen LogP contribution in [0.25, 0.3) is 0 Å². The average Bonchev–Trinajstić information content (AvgIpc) is 2.45. The molecule has 0 aliphatic carbocycles. The van der Waals surface area contributed by atoms with Gasteiger partial charge in [-0.3, -0.25) is 10.1 Å². The van der Waals surface area contributed by atoms with Gasteiger partial charge in [-0.1, -0.05) is 23.2 Å². The first-order valence-corrected chi connectivity index (χ1v) is 6.81.